The summed E-state index contributed by atoms with van der Waals surface area (Å²) in [6, 6.07) is 2.46. The Labute approximate surface area is 94.3 Å². The lowest BCUT2D eigenvalue weighted by Gasteiger charge is -2.21. The van der Waals surface area contributed by atoms with E-state index in [1.807, 2.05) is 13.8 Å². The summed E-state index contributed by atoms with van der Waals surface area (Å²) in [5.74, 6) is 0. The maximum absolute atomic E-state index is 8.97. The van der Waals surface area contributed by atoms with Gasteiger partial charge in [0.2, 0.25) is 0 Å². The van der Waals surface area contributed by atoms with Gasteiger partial charge in [0.1, 0.15) is 0 Å². The fraction of sp³-hybridized carbons (Fsp3) is 0.923. The Kier molecular flexibility index (Phi) is 3.78. The molecule has 0 aromatic heterocycles. The minimum atomic E-state index is 0.0560. The molecule has 1 aliphatic carbocycles. The Balaban J connectivity index is 0.000000531. The molecule has 0 spiro atoms. The second-order valence-corrected chi connectivity index (χ2v) is 5.52. The third-order valence-corrected chi connectivity index (χ3v) is 3.37. The van der Waals surface area contributed by atoms with Crippen molar-refractivity contribution in [2.24, 2.45) is 10.8 Å². The van der Waals surface area contributed by atoms with Gasteiger partial charge >= 0.3 is 0 Å². The van der Waals surface area contributed by atoms with E-state index in [4.69, 9.17) is 5.26 Å². The second kappa shape index (κ2) is 4.53. The highest BCUT2D eigenvalue weighted by Gasteiger charge is 2.46. The Bertz CT molecular complexity index is 246. The first-order valence-corrected chi connectivity index (χ1v) is 6.19. The minimum absolute atomic E-state index is 0.0560. The number of nitrogens with zero attached hydrogens (tertiary/aromatic N) is 2. The predicted molar refractivity (Wildman–Crippen MR) is 63.5 cm³/mol. The van der Waals surface area contributed by atoms with Crippen LogP contribution < -0.4 is 0 Å². The zero-order valence-electron chi connectivity index (χ0n) is 10.6. The highest BCUT2D eigenvalue weighted by Crippen LogP contribution is 2.46. The van der Waals surface area contributed by atoms with E-state index in [9.17, 15) is 0 Å². The summed E-state index contributed by atoms with van der Waals surface area (Å²) in [4.78, 5) is 2.47. The maximum atomic E-state index is 8.97. The number of hydrogen-bond acceptors (Lipinski definition) is 2. The van der Waals surface area contributed by atoms with Crippen LogP contribution in [0.2, 0.25) is 0 Å². The van der Waals surface area contributed by atoms with Gasteiger partial charge in [0.05, 0.1) is 11.5 Å². The summed E-state index contributed by atoms with van der Waals surface area (Å²) in [6.45, 7) is 12.0. The average molecular weight is 208 g/mol. The maximum Gasteiger partial charge on any atom is 0.0703 e. The molecule has 2 aliphatic rings. The van der Waals surface area contributed by atoms with Crippen LogP contribution in [-0.2, 0) is 0 Å². The average Bonchev–Trinajstić information content (AvgIpc) is 2.90. The van der Waals surface area contributed by atoms with Crippen molar-refractivity contribution in [3.05, 3.63) is 0 Å². The Morgan fingerprint density at radius 2 is 1.80 bits per heavy atom. The molecule has 0 N–H and O–H groups in total. The zero-order valence-corrected chi connectivity index (χ0v) is 10.6. The summed E-state index contributed by atoms with van der Waals surface area (Å²) in [5.41, 5.74) is 0.534. The van der Waals surface area contributed by atoms with E-state index in [-0.39, 0.29) is 5.41 Å². The largest absolute Gasteiger partial charge is 0.301 e. The molecule has 0 radical (unpaired) electrons. The molecule has 2 heteroatoms. The standard InChI is InChI=1S/C11H18N2.C2H6/c1-10(2)5-6-13(8-10)9-11(7-12)3-4-11;1-2/h3-6,8-9H2,1-2H3;1-2H3. The molecule has 1 heterocycles. The van der Waals surface area contributed by atoms with Gasteiger partial charge in [-0.1, -0.05) is 27.7 Å². The molecule has 86 valence electrons. The van der Waals surface area contributed by atoms with Crippen LogP contribution in [0.15, 0.2) is 0 Å². The molecule has 2 fully saturated rings. The van der Waals surface area contributed by atoms with Crippen LogP contribution in [0.25, 0.3) is 0 Å². The third kappa shape index (κ3) is 3.21. The summed E-state index contributed by atoms with van der Waals surface area (Å²) < 4.78 is 0. The lowest BCUT2D eigenvalue weighted by Crippen LogP contribution is -2.29. The van der Waals surface area contributed by atoms with Crippen molar-refractivity contribution in [1.29, 1.82) is 5.26 Å². The van der Waals surface area contributed by atoms with Gasteiger partial charge < -0.3 is 4.90 Å². The molecule has 15 heavy (non-hydrogen) atoms. The van der Waals surface area contributed by atoms with Gasteiger partial charge in [-0.05, 0) is 31.2 Å². The smallest absolute Gasteiger partial charge is 0.0703 e. The van der Waals surface area contributed by atoms with E-state index >= 15 is 0 Å². The Morgan fingerprint density at radius 3 is 2.13 bits per heavy atom. The molecule has 0 bridgehead atoms. The first-order chi connectivity index (χ1) is 7.05. The molecule has 0 unspecified atom stereocenters. The number of hydrogen-bond donors (Lipinski definition) is 0. The summed E-state index contributed by atoms with van der Waals surface area (Å²) in [6.07, 6.45) is 3.54. The van der Waals surface area contributed by atoms with Crippen LogP contribution in [0.1, 0.15) is 47.0 Å². The van der Waals surface area contributed by atoms with Crippen LogP contribution in [0.3, 0.4) is 0 Å². The molecule has 1 saturated carbocycles. The molecular weight excluding hydrogens is 184 g/mol. The van der Waals surface area contributed by atoms with Crippen LogP contribution in [0.4, 0.5) is 0 Å². The van der Waals surface area contributed by atoms with Gasteiger partial charge in [0, 0.05) is 13.1 Å². The van der Waals surface area contributed by atoms with Crippen molar-refractivity contribution >= 4 is 0 Å². The van der Waals surface area contributed by atoms with Crippen molar-refractivity contribution in [3.63, 3.8) is 0 Å². The molecule has 0 aromatic rings. The van der Waals surface area contributed by atoms with Gasteiger partial charge in [-0.2, -0.15) is 5.26 Å². The first kappa shape index (κ1) is 12.5. The van der Waals surface area contributed by atoms with Crippen LogP contribution in [-0.4, -0.2) is 24.5 Å². The zero-order chi connectivity index (χ0) is 11.5. The highest BCUT2D eigenvalue weighted by atomic mass is 15.2. The molecule has 1 saturated heterocycles. The van der Waals surface area contributed by atoms with Crippen LogP contribution >= 0.6 is 0 Å². The Hall–Kier alpha value is -0.550. The summed E-state index contributed by atoms with van der Waals surface area (Å²) in [5, 5.41) is 8.97. The molecule has 0 atom stereocenters. The number of nitriles is 1. The molecule has 2 nitrogen and oxygen atoms in total. The van der Waals surface area contributed by atoms with Crippen molar-refractivity contribution in [1.82, 2.24) is 4.90 Å². The number of likely N-dealkylation sites (tertiary alicyclic amines) is 1. The van der Waals surface area contributed by atoms with Crippen LogP contribution in [0.5, 0.6) is 0 Å². The SMILES string of the molecule is CC.CC1(C)CCN(CC2(C#N)CC2)C1. The van der Waals surface area contributed by atoms with Crippen molar-refractivity contribution < 1.29 is 0 Å². The molecule has 0 aromatic carbocycles. The minimum Gasteiger partial charge on any atom is -0.301 e. The quantitative estimate of drug-likeness (QED) is 0.697. The van der Waals surface area contributed by atoms with Crippen LogP contribution in [0, 0.1) is 22.2 Å². The van der Waals surface area contributed by atoms with Gasteiger partial charge in [0.15, 0.2) is 0 Å². The van der Waals surface area contributed by atoms with E-state index in [0.717, 1.165) is 19.4 Å². The highest BCUT2D eigenvalue weighted by molar-refractivity contribution is 5.11. The molecule has 1 aliphatic heterocycles. The second-order valence-electron chi connectivity index (χ2n) is 5.52. The lowest BCUT2D eigenvalue weighted by atomic mass is 9.93. The van der Waals surface area contributed by atoms with Gasteiger partial charge in [0.25, 0.3) is 0 Å². The van der Waals surface area contributed by atoms with Gasteiger partial charge in [-0.15, -0.1) is 0 Å². The van der Waals surface area contributed by atoms with Crippen molar-refractivity contribution in [2.75, 3.05) is 19.6 Å². The fourth-order valence-corrected chi connectivity index (χ4v) is 2.24. The summed E-state index contributed by atoms with van der Waals surface area (Å²) >= 11 is 0. The van der Waals surface area contributed by atoms with Crippen molar-refractivity contribution in [3.8, 4) is 6.07 Å². The summed E-state index contributed by atoms with van der Waals surface area (Å²) in [7, 11) is 0. The monoisotopic (exact) mass is 208 g/mol. The molecule has 0 amide bonds. The van der Waals surface area contributed by atoms with E-state index in [1.165, 1.54) is 19.5 Å². The van der Waals surface area contributed by atoms with Gasteiger partial charge in [-0.3, -0.25) is 0 Å². The normalized spacial score (nSPS) is 26.3. The first-order valence-electron chi connectivity index (χ1n) is 6.19. The van der Waals surface area contributed by atoms with E-state index in [0.29, 0.717) is 5.41 Å². The third-order valence-electron chi connectivity index (χ3n) is 3.37. The van der Waals surface area contributed by atoms with E-state index in [2.05, 4.69) is 24.8 Å². The Morgan fingerprint density at radius 1 is 1.20 bits per heavy atom. The fourth-order valence-electron chi connectivity index (χ4n) is 2.24. The predicted octanol–water partition coefficient (Wildman–Crippen LogP) is 3.05. The van der Waals surface area contributed by atoms with E-state index < -0.39 is 0 Å². The molecular formula is C13H24N2. The topological polar surface area (TPSA) is 27.0 Å². The van der Waals surface area contributed by atoms with Crippen molar-refractivity contribution in [2.45, 2.75) is 47.0 Å². The molecule has 2 rings (SSSR count). The number of rotatable bonds is 2. The van der Waals surface area contributed by atoms with Gasteiger partial charge in [-0.25, -0.2) is 0 Å². The van der Waals surface area contributed by atoms with E-state index in [1.54, 1.807) is 0 Å². The lowest BCUT2D eigenvalue weighted by molar-refractivity contribution is 0.262.